The molecule has 0 atom stereocenters. The van der Waals surface area contributed by atoms with Crippen molar-refractivity contribution in [2.75, 3.05) is 12.4 Å². The zero-order valence-corrected chi connectivity index (χ0v) is 14.1. The molecule has 0 bridgehead atoms. The molecule has 0 saturated carbocycles. The van der Waals surface area contributed by atoms with Crippen molar-refractivity contribution in [1.82, 2.24) is 0 Å². The molecule has 3 aromatic rings. The van der Waals surface area contributed by atoms with Crippen molar-refractivity contribution in [2.45, 2.75) is 0 Å². The maximum absolute atomic E-state index is 12.5. The van der Waals surface area contributed by atoms with Crippen molar-refractivity contribution in [1.29, 1.82) is 0 Å². The topological polar surface area (TPSA) is 81.5 Å². The molecule has 25 heavy (non-hydrogen) atoms. The Labute approximate surface area is 147 Å². The summed E-state index contributed by atoms with van der Waals surface area (Å²) in [6, 6.07) is 15.4. The number of ether oxygens (including phenoxy) is 1. The number of rotatable bonds is 5. The van der Waals surface area contributed by atoms with Crippen LogP contribution in [0.2, 0.25) is 0 Å². The Bertz CT molecular complexity index is 923. The second kappa shape index (κ2) is 7.14. The number of nitrogens with one attached hydrogen (secondary N) is 1. The van der Waals surface area contributed by atoms with Crippen LogP contribution in [-0.4, -0.2) is 17.9 Å². The molecule has 6 nitrogen and oxygen atoms in total. The molecular formula is C18H14N2O4S. The van der Waals surface area contributed by atoms with Gasteiger partial charge in [0, 0.05) is 27.8 Å². The van der Waals surface area contributed by atoms with E-state index in [-0.39, 0.29) is 17.0 Å². The Balaban J connectivity index is 1.91. The van der Waals surface area contributed by atoms with Gasteiger partial charge in [-0.1, -0.05) is 24.3 Å². The van der Waals surface area contributed by atoms with Crippen molar-refractivity contribution in [2.24, 2.45) is 0 Å². The average Bonchev–Trinajstić information content (AvgIpc) is 3.16. The standard InChI is InChI=1S/C18H14N2O4S/c1-24-16-9-8-12(11-15(16)20(22)23)18(21)19-14-6-3-2-5-13(14)17-7-4-10-25-17/h2-11H,1H3,(H,19,21). The molecule has 0 aliphatic carbocycles. The first-order chi connectivity index (χ1) is 12.1. The summed E-state index contributed by atoms with van der Waals surface area (Å²) in [6.07, 6.45) is 0. The number of hydrogen-bond donors (Lipinski definition) is 1. The fraction of sp³-hybridized carbons (Fsp3) is 0.0556. The van der Waals surface area contributed by atoms with Crippen LogP contribution in [0.5, 0.6) is 5.75 Å². The molecule has 1 heterocycles. The lowest BCUT2D eigenvalue weighted by atomic mass is 10.1. The van der Waals surface area contributed by atoms with Crippen LogP contribution in [0.25, 0.3) is 10.4 Å². The van der Waals surface area contributed by atoms with E-state index in [0.717, 1.165) is 10.4 Å². The molecule has 0 fully saturated rings. The summed E-state index contributed by atoms with van der Waals surface area (Å²) in [5.41, 5.74) is 1.48. The van der Waals surface area contributed by atoms with E-state index in [2.05, 4.69) is 5.32 Å². The molecular weight excluding hydrogens is 340 g/mol. The number of nitrogens with zero attached hydrogens (tertiary/aromatic N) is 1. The SMILES string of the molecule is COc1ccc(C(=O)Nc2ccccc2-c2cccs2)cc1[N+](=O)[O-]. The van der Waals surface area contributed by atoms with Gasteiger partial charge in [0.15, 0.2) is 5.75 Å². The van der Waals surface area contributed by atoms with Crippen LogP contribution in [0, 0.1) is 10.1 Å². The second-order valence-electron chi connectivity index (χ2n) is 5.12. The number of hydrogen-bond acceptors (Lipinski definition) is 5. The maximum Gasteiger partial charge on any atom is 0.311 e. The van der Waals surface area contributed by atoms with Crippen molar-refractivity contribution in [3.63, 3.8) is 0 Å². The number of methoxy groups -OCH3 is 1. The highest BCUT2D eigenvalue weighted by molar-refractivity contribution is 7.13. The smallest absolute Gasteiger partial charge is 0.311 e. The number of nitro benzene ring substituents is 1. The van der Waals surface area contributed by atoms with Gasteiger partial charge in [-0.2, -0.15) is 0 Å². The van der Waals surface area contributed by atoms with Crippen LogP contribution >= 0.6 is 11.3 Å². The Morgan fingerprint density at radius 1 is 1.16 bits per heavy atom. The molecule has 126 valence electrons. The third-order valence-electron chi connectivity index (χ3n) is 3.60. The van der Waals surface area contributed by atoms with Gasteiger partial charge in [0.2, 0.25) is 0 Å². The normalized spacial score (nSPS) is 10.3. The molecule has 3 rings (SSSR count). The van der Waals surface area contributed by atoms with Crippen LogP contribution in [0.3, 0.4) is 0 Å². The first-order valence-corrected chi connectivity index (χ1v) is 8.25. The highest BCUT2D eigenvalue weighted by atomic mass is 32.1. The molecule has 1 N–H and O–H groups in total. The van der Waals surface area contributed by atoms with E-state index >= 15 is 0 Å². The summed E-state index contributed by atoms with van der Waals surface area (Å²) >= 11 is 1.57. The predicted octanol–water partition coefficient (Wildman–Crippen LogP) is 4.58. The third-order valence-corrected chi connectivity index (χ3v) is 4.50. The Hall–Kier alpha value is -3.19. The van der Waals surface area contributed by atoms with Gasteiger partial charge in [-0.25, -0.2) is 0 Å². The van der Waals surface area contributed by atoms with Gasteiger partial charge in [0.05, 0.1) is 12.0 Å². The molecule has 0 unspecified atom stereocenters. The molecule has 1 aromatic heterocycles. The largest absolute Gasteiger partial charge is 0.490 e. The second-order valence-corrected chi connectivity index (χ2v) is 6.07. The van der Waals surface area contributed by atoms with E-state index in [1.807, 2.05) is 35.7 Å². The average molecular weight is 354 g/mol. The lowest BCUT2D eigenvalue weighted by Gasteiger charge is -2.10. The van der Waals surface area contributed by atoms with Crippen LogP contribution in [0.15, 0.2) is 60.0 Å². The van der Waals surface area contributed by atoms with Crippen LogP contribution in [0.4, 0.5) is 11.4 Å². The molecule has 0 aliphatic heterocycles. The van der Waals surface area contributed by atoms with E-state index in [1.54, 1.807) is 17.4 Å². The molecule has 2 aromatic carbocycles. The van der Waals surface area contributed by atoms with Crippen molar-refractivity contribution >= 4 is 28.6 Å². The first kappa shape index (κ1) is 16.7. The van der Waals surface area contributed by atoms with E-state index in [4.69, 9.17) is 4.74 Å². The zero-order chi connectivity index (χ0) is 17.8. The fourth-order valence-electron chi connectivity index (χ4n) is 2.41. The Morgan fingerprint density at radius 2 is 1.96 bits per heavy atom. The van der Waals surface area contributed by atoms with Gasteiger partial charge in [0.1, 0.15) is 0 Å². The number of para-hydroxylation sites is 1. The molecule has 0 spiro atoms. The number of benzene rings is 2. The summed E-state index contributed by atoms with van der Waals surface area (Å²) in [4.78, 5) is 24.1. The Kier molecular flexibility index (Phi) is 4.76. The number of nitro groups is 1. The minimum Gasteiger partial charge on any atom is -0.490 e. The highest BCUT2D eigenvalue weighted by Crippen LogP contribution is 2.32. The maximum atomic E-state index is 12.5. The van der Waals surface area contributed by atoms with Crippen LogP contribution < -0.4 is 10.1 Å². The number of anilines is 1. The van der Waals surface area contributed by atoms with E-state index in [0.29, 0.717) is 5.69 Å². The predicted molar refractivity (Wildman–Crippen MR) is 97.4 cm³/mol. The molecule has 0 saturated heterocycles. The molecule has 0 aliphatic rings. The van der Waals surface area contributed by atoms with Crippen molar-refractivity contribution in [3.05, 3.63) is 75.7 Å². The van der Waals surface area contributed by atoms with Crippen LogP contribution in [0.1, 0.15) is 10.4 Å². The lowest BCUT2D eigenvalue weighted by Crippen LogP contribution is -2.13. The fourth-order valence-corrected chi connectivity index (χ4v) is 3.17. The summed E-state index contributed by atoms with van der Waals surface area (Å²) in [7, 11) is 1.35. The summed E-state index contributed by atoms with van der Waals surface area (Å²) in [6.45, 7) is 0. The summed E-state index contributed by atoms with van der Waals surface area (Å²) in [5, 5.41) is 15.9. The van der Waals surface area contributed by atoms with Crippen molar-refractivity contribution < 1.29 is 14.5 Å². The highest BCUT2D eigenvalue weighted by Gasteiger charge is 2.19. The number of thiophene rings is 1. The van der Waals surface area contributed by atoms with Crippen molar-refractivity contribution in [3.8, 4) is 16.2 Å². The minimum atomic E-state index is -0.574. The van der Waals surface area contributed by atoms with Gasteiger partial charge in [0.25, 0.3) is 5.91 Å². The van der Waals surface area contributed by atoms with Gasteiger partial charge in [-0.15, -0.1) is 11.3 Å². The molecule has 1 amide bonds. The van der Waals surface area contributed by atoms with Gasteiger partial charge >= 0.3 is 5.69 Å². The number of carbonyl (C=O) groups excluding carboxylic acids is 1. The van der Waals surface area contributed by atoms with Gasteiger partial charge < -0.3 is 10.1 Å². The summed E-state index contributed by atoms with van der Waals surface area (Å²) < 4.78 is 4.96. The first-order valence-electron chi connectivity index (χ1n) is 7.37. The third kappa shape index (κ3) is 3.51. The summed E-state index contributed by atoms with van der Waals surface area (Å²) in [5.74, 6) is -0.310. The number of amides is 1. The van der Waals surface area contributed by atoms with E-state index in [9.17, 15) is 14.9 Å². The number of carbonyl (C=O) groups is 1. The Morgan fingerprint density at radius 3 is 2.64 bits per heavy atom. The van der Waals surface area contributed by atoms with E-state index in [1.165, 1.54) is 25.3 Å². The van der Waals surface area contributed by atoms with E-state index < -0.39 is 10.8 Å². The van der Waals surface area contributed by atoms with Crippen LogP contribution in [-0.2, 0) is 0 Å². The zero-order valence-electron chi connectivity index (χ0n) is 13.3. The monoisotopic (exact) mass is 354 g/mol. The molecule has 0 radical (unpaired) electrons. The quantitative estimate of drug-likeness (QED) is 0.537. The minimum absolute atomic E-state index is 0.112. The van der Waals surface area contributed by atoms with Gasteiger partial charge in [-0.05, 0) is 29.6 Å². The molecule has 7 heteroatoms. The van der Waals surface area contributed by atoms with Gasteiger partial charge in [-0.3, -0.25) is 14.9 Å². The lowest BCUT2D eigenvalue weighted by molar-refractivity contribution is -0.385.